The predicted octanol–water partition coefficient (Wildman–Crippen LogP) is 2.35. The van der Waals surface area contributed by atoms with Gasteiger partial charge in [-0.3, -0.25) is 4.84 Å². The lowest BCUT2D eigenvalue weighted by molar-refractivity contribution is 0.0719. The van der Waals surface area contributed by atoms with Gasteiger partial charge in [0.15, 0.2) is 0 Å². The number of hydrogen-bond donors (Lipinski definition) is 1. The second kappa shape index (κ2) is 5.77. The Morgan fingerprint density at radius 3 is 2.65 bits per heavy atom. The van der Waals surface area contributed by atoms with Crippen molar-refractivity contribution in [1.29, 1.82) is 0 Å². The molecule has 0 fully saturated rings. The molecule has 0 aromatic heterocycles. The summed E-state index contributed by atoms with van der Waals surface area (Å²) in [4.78, 5) is 6.52. The summed E-state index contributed by atoms with van der Waals surface area (Å²) in [5.41, 5.74) is 0. The number of rotatable bonds is 5. The molecule has 0 spiro atoms. The highest BCUT2D eigenvalue weighted by Gasteiger charge is 2.18. The van der Waals surface area contributed by atoms with E-state index in [-0.39, 0.29) is 22.4 Å². The van der Waals surface area contributed by atoms with Gasteiger partial charge >= 0.3 is 0 Å². The predicted molar refractivity (Wildman–Crippen MR) is 62.5 cm³/mol. The molecule has 0 aliphatic carbocycles. The summed E-state index contributed by atoms with van der Waals surface area (Å²) in [5.74, 6) is -0.418. The fraction of sp³-hybridized carbons (Fsp3) is 0.400. The molecule has 1 aromatic carbocycles. The van der Waals surface area contributed by atoms with E-state index in [1.807, 2.05) is 18.7 Å². The molecule has 0 heterocycles. The second-order valence-electron chi connectivity index (χ2n) is 3.87. The zero-order valence-corrected chi connectivity index (χ0v) is 11.0. The molecule has 0 atom stereocenters. The molecule has 1 N–H and O–H groups in total. The quantitative estimate of drug-likeness (QED) is 0.843. The lowest BCUT2D eigenvalue weighted by Crippen LogP contribution is -2.26. The third-order valence-electron chi connectivity index (χ3n) is 1.77. The molecule has 7 heteroatoms. The Balaban J connectivity index is 2.83. The SMILES string of the molecule is CC(C)CONS(=O)(=O)c1ccc(F)cc1Cl. The molecule has 0 bridgehead atoms. The topological polar surface area (TPSA) is 55.4 Å². The van der Waals surface area contributed by atoms with Crippen LogP contribution in [0.25, 0.3) is 0 Å². The van der Waals surface area contributed by atoms with Gasteiger partial charge in [0.2, 0.25) is 0 Å². The minimum atomic E-state index is -3.87. The Labute approximate surface area is 105 Å². The first-order valence-corrected chi connectivity index (χ1v) is 6.77. The van der Waals surface area contributed by atoms with Crippen molar-refractivity contribution >= 4 is 21.6 Å². The number of benzene rings is 1. The van der Waals surface area contributed by atoms with Crippen molar-refractivity contribution < 1.29 is 17.6 Å². The molecule has 17 heavy (non-hydrogen) atoms. The number of sulfonamides is 1. The number of halogens is 2. The van der Waals surface area contributed by atoms with Crippen LogP contribution in [-0.4, -0.2) is 15.0 Å². The Bertz CT molecular complexity index is 490. The van der Waals surface area contributed by atoms with Crippen LogP contribution in [0.4, 0.5) is 4.39 Å². The molecular formula is C10H13ClFNO3S. The van der Waals surface area contributed by atoms with Gasteiger partial charge in [0.1, 0.15) is 10.7 Å². The molecule has 1 aromatic rings. The van der Waals surface area contributed by atoms with Gasteiger partial charge in [-0.15, -0.1) is 0 Å². The minimum Gasteiger partial charge on any atom is -0.287 e. The maximum Gasteiger partial charge on any atom is 0.263 e. The standard InChI is InChI=1S/C10H13ClFNO3S/c1-7(2)6-16-13-17(14,15)10-4-3-8(12)5-9(10)11/h3-5,7,13H,6H2,1-2H3. The maximum absolute atomic E-state index is 12.8. The van der Waals surface area contributed by atoms with Crippen LogP contribution in [0, 0.1) is 11.7 Å². The van der Waals surface area contributed by atoms with E-state index in [1.165, 1.54) is 0 Å². The molecule has 4 nitrogen and oxygen atoms in total. The molecule has 0 aliphatic heterocycles. The van der Waals surface area contributed by atoms with Gasteiger partial charge in [-0.1, -0.05) is 30.3 Å². The summed E-state index contributed by atoms with van der Waals surface area (Å²) >= 11 is 5.64. The average Bonchev–Trinajstić information content (AvgIpc) is 2.15. The Morgan fingerprint density at radius 2 is 2.12 bits per heavy atom. The third kappa shape index (κ3) is 4.23. The fourth-order valence-electron chi connectivity index (χ4n) is 1.02. The van der Waals surface area contributed by atoms with Crippen LogP contribution < -0.4 is 4.89 Å². The summed E-state index contributed by atoms with van der Waals surface area (Å²) in [7, 11) is -3.87. The van der Waals surface area contributed by atoms with Crippen LogP contribution >= 0.6 is 11.6 Å². The van der Waals surface area contributed by atoms with Crippen LogP contribution in [0.2, 0.25) is 5.02 Å². The van der Waals surface area contributed by atoms with Crippen LogP contribution in [0.3, 0.4) is 0 Å². The Morgan fingerprint density at radius 1 is 1.47 bits per heavy atom. The molecule has 0 saturated carbocycles. The van der Waals surface area contributed by atoms with E-state index < -0.39 is 15.8 Å². The second-order valence-corrected chi connectivity index (χ2v) is 5.89. The molecule has 96 valence electrons. The molecule has 0 radical (unpaired) electrons. The van der Waals surface area contributed by atoms with Crippen molar-refractivity contribution in [3.63, 3.8) is 0 Å². The average molecular weight is 282 g/mol. The van der Waals surface area contributed by atoms with Gasteiger partial charge in [-0.05, 0) is 24.1 Å². The van der Waals surface area contributed by atoms with Crippen LogP contribution in [0.5, 0.6) is 0 Å². The summed E-state index contributed by atoms with van der Waals surface area (Å²) in [5, 5.41) is -0.189. The van der Waals surface area contributed by atoms with Crippen molar-refractivity contribution in [3.05, 3.63) is 29.0 Å². The zero-order chi connectivity index (χ0) is 13.1. The van der Waals surface area contributed by atoms with E-state index in [9.17, 15) is 12.8 Å². The first-order valence-electron chi connectivity index (χ1n) is 4.91. The lowest BCUT2D eigenvalue weighted by Gasteiger charge is -2.09. The van der Waals surface area contributed by atoms with E-state index in [1.54, 1.807) is 0 Å². The van der Waals surface area contributed by atoms with Crippen molar-refractivity contribution in [3.8, 4) is 0 Å². The molecule has 0 aliphatic rings. The Kier molecular flexibility index (Phi) is 4.88. The maximum atomic E-state index is 12.8. The third-order valence-corrected chi connectivity index (χ3v) is 3.47. The van der Waals surface area contributed by atoms with Gasteiger partial charge in [0, 0.05) is 0 Å². The molecule has 1 rings (SSSR count). The van der Waals surface area contributed by atoms with Crippen molar-refractivity contribution in [1.82, 2.24) is 4.89 Å². The van der Waals surface area contributed by atoms with E-state index in [4.69, 9.17) is 16.4 Å². The molecule has 0 saturated heterocycles. The smallest absolute Gasteiger partial charge is 0.263 e. The normalized spacial score (nSPS) is 12.1. The first-order chi connectivity index (χ1) is 7.83. The van der Waals surface area contributed by atoms with Gasteiger partial charge in [0.25, 0.3) is 10.0 Å². The van der Waals surface area contributed by atoms with E-state index in [2.05, 4.69) is 0 Å². The van der Waals surface area contributed by atoms with Gasteiger partial charge < -0.3 is 0 Å². The first kappa shape index (κ1) is 14.4. The van der Waals surface area contributed by atoms with Crippen LogP contribution in [0.15, 0.2) is 23.1 Å². The summed E-state index contributed by atoms with van der Waals surface area (Å²) in [6, 6.07) is 3.03. The van der Waals surface area contributed by atoms with Gasteiger partial charge in [0.05, 0.1) is 11.6 Å². The van der Waals surface area contributed by atoms with Gasteiger partial charge in [-0.2, -0.15) is 0 Å². The fourth-order valence-corrected chi connectivity index (χ4v) is 2.36. The number of nitrogens with one attached hydrogen (secondary N) is 1. The molecule has 0 unspecified atom stereocenters. The summed E-state index contributed by atoms with van der Waals surface area (Å²) in [6.45, 7) is 3.98. The summed E-state index contributed by atoms with van der Waals surface area (Å²) in [6.07, 6.45) is 0. The van der Waals surface area contributed by atoms with E-state index >= 15 is 0 Å². The molecule has 0 amide bonds. The van der Waals surface area contributed by atoms with E-state index in [0.717, 1.165) is 18.2 Å². The minimum absolute atomic E-state index is 0.182. The van der Waals surface area contributed by atoms with Crippen LogP contribution in [0.1, 0.15) is 13.8 Å². The van der Waals surface area contributed by atoms with Crippen molar-refractivity contribution in [2.45, 2.75) is 18.7 Å². The monoisotopic (exact) mass is 281 g/mol. The van der Waals surface area contributed by atoms with Crippen LogP contribution in [-0.2, 0) is 14.9 Å². The number of hydrogen-bond acceptors (Lipinski definition) is 3. The highest BCUT2D eigenvalue weighted by atomic mass is 35.5. The molecular weight excluding hydrogens is 269 g/mol. The van der Waals surface area contributed by atoms with E-state index in [0.29, 0.717) is 0 Å². The highest BCUT2D eigenvalue weighted by molar-refractivity contribution is 7.89. The van der Waals surface area contributed by atoms with Crippen molar-refractivity contribution in [2.24, 2.45) is 5.92 Å². The highest BCUT2D eigenvalue weighted by Crippen LogP contribution is 2.21. The Hall–Kier alpha value is -0.690. The zero-order valence-electron chi connectivity index (χ0n) is 9.41. The van der Waals surface area contributed by atoms with Gasteiger partial charge in [-0.25, -0.2) is 12.8 Å². The lowest BCUT2D eigenvalue weighted by atomic mass is 10.2. The summed E-state index contributed by atoms with van der Waals surface area (Å²) < 4.78 is 36.2. The van der Waals surface area contributed by atoms with Crippen molar-refractivity contribution in [2.75, 3.05) is 6.61 Å². The largest absolute Gasteiger partial charge is 0.287 e.